The molecule has 0 saturated heterocycles. The number of ether oxygens (including phenoxy) is 1. The number of nitrogens with one attached hydrogen (secondary N) is 1. The van der Waals surface area contributed by atoms with Crippen LogP contribution in [0.5, 0.6) is 0 Å². The van der Waals surface area contributed by atoms with Crippen molar-refractivity contribution in [1.82, 2.24) is 4.98 Å². The van der Waals surface area contributed by atoms with Crippen LogP contribution < -0.4 is 5.73 Å². The molecule has 240 valence electrons. The van der Waals surface area contributed by atoms with Crippen molar-refractivity contribution in [2.45, 2.75) is 13.2 Å². The van der Waals surface area contributed by atoms with Crippen LogP contribution in [-0.4, -0.2) is 10.9 Å². The quantitative estimate of drug-likeness (QED) is 0.0784. The number of benzene rings is 7. The summed E-state index contributed by atoms with van der Waals surface area (Å²) in [4.78, 5) is 5.22. The van der Waals surface area contributed by atoms with Gasteiger partial charge < -0.3 is 4.74 Å². The molecule has 0 radical (unpaired) electrons. The van der Waals surface area contributed by atoms with E-state index in [-0.39, 0.29) is 5.90 Å². The van der Waals surface area contributed by atoms with Crippen LogP contribution in [0.1, 0.15) is 22.9 Å². The van der Waals surface area contributed by atoms with E-state index in [9.17, 15) is 0 Å². The number of aromatic nitrogens is 1. The van der Waals surface area contributed by atoms with Crippen molar-refractivity contribution in [1.29, 1.82) is 5.41 Å². The molecule has 8 rings (SSSR count). The Kier molecular flexibility index (Phi) is 8.21. The highest BCUT2D eigenvalue weighted by Gasteiger charge is 2.19. The molecule has 0 aliphatic rings. The molecule has 0 aliphatic carbocycles. The molecular weight excluding hydrogens is 611 g/mol. The molecule has 4 nitrogen and oxygen atoms in total. The van der Waals surface area contributed by atoms with Gasteiger partial charge in [0.2, 0.25) is 5.90 Å². The standard InChI is InChI=1S/C46H35N3O/c1-30-41(31-24-26-32(27-25-31)42-28-35-18-8-9-19-36(35)37-20-10-11-21-38(37)42)29-43(49-44(30)33-14-4-2-5-15-33)39-22-12-13-23-40(39)46(48)50-45(47)34-16-6-3-7-17-34/h2-29,45,48H,47H2,1H3. The van der Waals surface area contributed by atoms with Crippen molar-refractivity contribution in [2.24, 2.45) is 5.73 Å². The Morgan fingerprint density at radius 2 is 1.14 bits per heavy atom. The fourth-order valence-corrected chi connectivity index (χ4v) is 6.85. The van der Waals surface area contributed by atoms with Gasteiger partial charge in [-0.25, -0.2) is 4.98 Å². The number of rotatable bonds is 7. The fraction of sp³-hybridized carbons (Fsp3) is 0.0435. The molecule has 1 heterocycles. The zero-order valence-electron chi connectivity index (χ0n) is 27.7. The minimum absolute atomic E-state index is 0.00546. The summed E-state index contributed by atoms with van der Waals surface area (Å²) in [6, 6.07) is 58.1. The molecule has 1 atom stereocenters. The average Bonchev–Trinajstić information content (AvgIpc) is 3.18. The highest BCUT2D eigenvalue weighted by molar-refractivity contribution is 6.13. The maximum absolute atomic E-state index is 8.96. The highest BCUT2D eigenvalue weighted by Crippen LogP contribution is 2.39. The van der Waals surface area contributed by atoms with Crippen LogP contribution in [0, 0.1) is 12.3 Å². The lowest BCUT2D eigenvalue weighted by Crippen LogP contribution is -2.19. The van der Waals surface area contributed by atoms with Gasteiger partial charge in [-0.15, -0.1) is 0 Å². The molecule has 3 N–H and O–H groups in total. The second-order valence-corrected chi connectivity index (χ2v) is 12.5. The summed E-state index contributed by atoms with van der Waals surface area (Å²) in [5.41, 5.74) is 16.9. The number of pyridine rings is 1. The molecule has 50 heavy (non-hydrogen) atoms. The van der Waals surface area contributed by atoms with Crippen LogP contribution in [0.25, 0.3) is 66.3 Å². The van der Waals surface area contributed by atoms with Gasteiger partial charge in [-0.1, -0.05) is 152 Å². The van der Waals surface area contributed by atoms with E-state index in [0.717, 1.165) is 50.3 Å². The molecule has 0 aliphatic heterocycles. The Hall–Kier alpha value is -6.36. The van der Waals surface area contributed by atoms with Crippen molar-refractivity contribution in [3.63, 3.8) is 0 Å². The second-order valence-electron chi connectivity index (χ2n) is 12.5. The van der Waals surface area contributed by atoms with E-state index >= 15 is 0 Å². The van der Waals surface area contributed by atoms with Gasteiger partial charge in [0.1, 0.15) is 0 Å². The third kappa shape index (κ3) is 5.83. The average molecular weight is 646 g/mol. The first-order valence-electron chi connectivity index (χ1n) is 16.8. The fourth-order valence-electron chi connectivity index (χ4n) is 6.85. The molecule has 8 aromatic rings. The maximum atomic E-state index is 8.96. The third-order valence-electron chi connectivity index (χ3n) is 9.42. The van der Waals surface area contributed by atoms with Crippen molar-refractivity contribution in [3.05, 3.63) is 187 Å². The van der Waals surface area contributed by atoms with Crippen molar-refractivity contribution < 1.29 is 4.74 Å². The van der Waals surface area contributed by atoms with E-state index in [1.165, 1.54) is 27.1 Å². The second kappa shape index (κ2) is 13.3. The maximum Gasteiger partial charge on any atom is 0.215 e. The van der Waals surface area contributed by atoms with Crippen LogP contribution in [0.3, 0.4) is 0 Å². The minimum Gasteiger partial charge on any atom is -0.454 e. The van der Waals surface area contributed by atoms with Gasteiger partial charge in [0, 0.05) is 22.3 Å². The van der Waals surface area contributed by atoms with E-state index in [2.05, 4.69) is 104 Å². The van der Waals surface area contributed by atoms with E-state index in [1.807, 2.05) is 72.8 Å². The van der Waals surface area contributed by atoms with Crippen LogP contribution in [0.4, 0.5) is 0 Å². The van der Waals surface area contributed by atoms with Crippen molar-refractivity contribution in [2.75, 3.05) is 0 Å². The molecule has 7 aromatic carbocycles. The van der Waals surface area contributed by atoms with Crippen molar-refractivity contribution >= 4 is 27.4 Å². The summed E-state index contributed by atoms with van der Waals surface area (Å²) in [6.45, 7) is 2.13. The Balaban J connectivity index is 1.23. The largest absolute Gasteiger partial charge is 0.454 e. The summed E-state index contributed by atoms with van der Waals surface area (Å²) in [7, 11) is 0. The highest BCUT2D eigenvalue weighted by atomic mass is 16.5. The summed E-state index contributed by atoms with van der Waals surface area (Å²) in [5.74, 6) is -0.00546. The molecule has 4 heteroatoms. The van der Waals surface area contributed by atoms with Gasteiger partial charge in [0.25, 0.3) is 0 Å². The van der Waals surface area contributed by atoms with E-state index < -0.39 is 6.23 Å². The van der Waals surface area contributed by atoms with Gasteiger partial charge in [0.15, 0.2) is 6.23 Å². The lowest BCUT2D eigenvalue weighted by Gasteiger charge is -2.19. The molecular formula is C46H35N3O. The molecule has 1 unspecified atom stereocenters. The van der Waals surface area contributed by atoms with Crippen LogP contribution in [0.2, 0.25) is 0 Å². The summed E-state index contributed by atoms with van der Waals surface area (Å²) >= 11 is 0. The molecule has 0 amide bonds. The van der Waals surface area contributed by atoms with Gasteiger partial charge >= 0.3 is 0 Å². The minimum atomic E-state index is -0.767. The summed E-state index contributed by atoms with van der Waals surface area (Å²) in [5, 5.41) is 13.9. The van der Waals surface area contributed by atoms with Crippen LogP contribution >= 0.6 is 0 Å². The van der Waals surface area contributed by atoms with Gasteiger partial charge in [-0.2, -0.15) is 0 Å². The smallest absolute Gasteiger partial charge is 0.215 e. The normalized spacial score (nSPS) is 11.8. The van der Waals surface area contributed by atoms with Crippen molar-refractivity contribution in [3.8, 4) is 44.8 Å². The monoisotopic (exact) mass is 645 g/mol. The molecule has 0 saturated carbocycles. The van der Waals surface area contributed by atoms with Crippen LogP contribution in [-0.2, 0) is 4.74 Å². The van der Waals surface area contributed by atoms with E-state index in [0.29, 0.717) is 5.56 Å². The first kappa shape index (κ1) is 30.9. The Morgan fingerprint density at radius 1 is 0.560 bits per heavy atom. The SMILES string of the molecule is Cc1c(-c2ccc(-c3cc4ccccc4c4ccccc34)cc2)cc(-c2ccccc2C(=N)OC(N)c2ccccc2)nc1-c1ccccc1. The molecule has 0 spiro atoms. The number of fused-ring (bicyclic) bond motifs is 3. The van der Waals surface area contributed by atoms with E-state index in [4.69, 9.17) is 20.9 Å². The first-order chi connectivity index (χ1) is 24.5. The summed E-state index contributed by atoms with van der Waals surface area (Å²) < 4.78 is 5.98. The lowest BCUT2D eigenvalue weighted by molar-refractivity contribution is 0.199. The predicted octanol–water partition coefficient (Wildman–Crippen LogP) is 11.4. The summed E-state index contributed by atoms with van der Waals surface area (Å²) in [6.07, 6.45) is -0.767. The lowest BCUT2D eigenvalue weighted by atomic mass is 9.90. The number of hydrogen-bond acceptors (Lipinski definition) is 4. The zero-order valence-corrected chi connectivity index (χ0v) is 27.7. The van der Waals surface area contributed by atoms with Crippen LogP contribution in [0.15, 0.2) is 170 Å². The number of nitrogens with two attached hydrogens (primary N) is 1. The Bertz CT molecular complexity index is 2490. The molecule has 1 aromatic heterocycles. The predicted molar refractivity (Wildman–Crippen MR) is 207 cm³/mol. The van der Waals surface area contributed by atoms with Gasteiger partial charge in [-0.05, 0) is 74.5 Å². The molecule has 0 fully saturated rings. The first-order valence-corrected chi connectivity index (χ1v) is 16.8. The molecule has 0 bridgehead atoms. The van der Waals surface area contributed by atoms with Gasteiger partial charge in [-0.3, -0.25) is 11.1 Å². The number of nitrogens with zero attached hydrogens (tertiary/aromatic N) is 1. The Labute approximate surface area is 292 Å². The third-order valence-corrected chi connectivity index (χ3v) is 9.42. The zero-order chi connectivity index (χ0) is 34.0. The van der Waals surface area contributed by atoms with Gasteiger partial charge in [0.05, 0.1) is 11.4 Å². The Morgan fingerprint density at radius 3 is 1.88 bits per heavy atom. The topological polar surface area (TPSA) is 72.0 Å². The number of hydrogen-bond donors (Lipinski definition) is 2. The van der Waals surface area contributed by atoms with E-state index in [1.54, 1.807) is 0 Å².